The average molecular weight is 539 g/mol. The molecule has 8 heteroatoms. The number of hydrogen-bond donors (Lipinski definition) is 2. The molecule has 3 rings (SSSR count). The summed E-state index contributed by atoms with van der Waals surface area (Å²) in [7, 11) is -2.58. The second-order valence-corrected chi connectivity index (χ2v) is 11.6. The molecule has 1 unspecified atom stereocenters. The van der Waals surface area contributed by atoms with E-state index in [0.717, 1.165) is 11.1 Å². The summed E-state index contributed by atoms with van der Waals surface area (Å²) in [6.07, 6.45) is 0.783. The van der Waals surface area contributed by atoms with E-state index >= 15 is 0 Å². The molecule has 0 heterocycles. The quantitative estimate of drug-likeness (QED) is 0.309. The largest absolute Gasteiger partial charge is 0.497 e. The summed E-state index contributed by atoms with van der Waals surface area (Å²) >= 11 is 0. The van der Waals surface area contributed by atoms with Crippen LogP contribution in [0.15, 0.2) is 83.8 Å². The summed E-state index contributed by atoms with van der Waals surface area (Å²) in [6.45, 7) is 5.99. The molecule has 38 heavy (non-hydrogen) atoms. The highest BCUT2D eigenvalue weighted by atomic mass is 32.2. The van der Waals surface area contributed by atoms with Crippen molar-refractivity contribution >= 4 is 15.9 Å². The second kappa shape index (κ2) is 13.0. The molecule has 2 N–H and O–H groups in total. The van der Waals surface area contributed by atoms with Gasteiger partial charge in [-0.3, -0.25) is 4.79 Å². The Hall–Kier alpha value is -3.20. The van der Waals surface area contributed by atoms with Gasteiger partial charge in [0.15, 0.2) is 0 Å². The number of methoxy groups -OCH3 is 1. The minimum atomic E-state index is -4.10. The Morgan fingerprint density at radius 2 is 1.63 bits per heavy atom. The normalized spacial score (nSPS) is 13.3. The lowest BCUT2D eigenvalue weighted by atomic mass is 9.98. The standard InChI is InChI=1S/C30H38N2O5S/c1-5-25-13-9-10-14-28(25)29(33)31-20-19-30(34,21-24-11-7-6-8-12-24)32(22-23(2)3)38(35,36)27-17-15-26(37-4)16-18-27/h6-18,23,34H,5,19-22H2,1-4H3,(H,31,33). The molecule has 0 fully saturated rings. The van der Waals surface area contributed by atoms with Crippen LogP contribution in [0.3, 0.4) is 0 Å². The number of carbonyl (C=O) groups is 1. The SMILES string of the molecule is CCc1ccccc1C(=O)NCCC(O)(Cc1ccccc1)N(CC(C)C)S(=O)(=O)c1ccc(OC)cc1. The van der Waals surface area contributed by atoms with E-state index in [-0.39, 0.29) is 42.7 Å². The summed E-state index contributed by atoms with van der Waals surface area (Å²) in [5.41, 5.74) is 0.498. The van der Waals surface area contributed by atoms with E-state index in [4.69, 9.17) is 4.74 Å². The Kier molecular flexibility index (Phi) is 10.1. The smallest absolute Gasteiger partial charge is 0.251 e. The van der Waals surface area contributed by atoms with Gasteiger partial charge >= 0.3 is 0 Å². The molecule has 0 aromatic heterocycles. The minimum absolute atomic E-state index is 0.00400. The fourth-order valence-electron chi connectivity index (χ4n) is 4.44. The average Bonchev–Trinajstić information content (AvgIpc) is 2.92. The third-order valence-electron chi connectivity index (χ3n) is 6.43. The summed E-state index contributed by atoms with van der Waals surface area (Å²) in [6, 6.07) is 22.8. The highest BCUT2D eigenvalue weighted by Gasteiger charge is 2.43. The van der Waals surface area contributed by atoms with Crippen LogP contribution in [-0.2, 0) is 22.9 Å². The van der Waals surface area contributed by atoms with E-state index in [9.17, 15) is 18.3 Å². The molecule has 204 valence electrons. The second-order valence-electron chi connectivity index (χ2n) is 9.77. The van der Waals surface area contributed by atoms with E-state index in [0.29, 0.717) is 17.7 Å². The molecular weight excluding hydrogens is 500 g/mol. The fraction of sp³-hybridized carbons (Fsp3) is 0.367. The van der Waals surface area contributed by atoms with E-state index in [1.807, 2.05) is 69.3 Å². The number of nitrogens with zero attached hydrogens (tertiary/aromatic N) is 1. The summed E-state index contributed by atoms with van der Waals surface area (Å²) in [4.78, 5) is 13.0. The first-order valence-electron chi connectivity index (χ1n) is 12.9. The first-order valence-corrected chi connectivity index (χ1v) is 14.3. The lowest BCUT2D eigenvalue weighted by Gasteiger charge is -2.40. The molecule has 1 amide bonds. The van der Waals surface area contributed by atoms with Crippen molar-refractivity contribution in [1.82, 2.24) is 9.62 Å². The number of carbonyl (C=O) groups excluding carboxylic acids is 1. The van der Waals surface area contributed by atoms with Gasteiger partial charge < -0.3 is 15.2 Å². The number of benzene rings is 3. The van der Waals surface area contributed by atoms with Gasteiger partial charge in [0.25, 0.3) is 5.91 Å². The molecule has 7 nitrogen and oxygen atoms in total. The molecule has 3 aromatic carbocycles. The molecular formula is C30H38N2O5S. The van der Waals surface area contributed by atoms with Crippen molar-refractivity contribution in [3.05, 3.63) is 95.6 Å². The number of amides is 1. The zero-order chi connectivity index (χ0) is 27.8. The predicted molar refractivity (Wildman–Crippen MR) is 150 cm³/mol. The number of aliphatic hydroxyl groups is 1. The Morgan fingerprint density at radius 1 is 1.00 bits per heavy atom. The van der Waals surface area contributed by atoms with Gasteiger partial charge in [0, 0.05) is 31.5 Å². The van der Waals surface area contributed by atoms with Crippen LogP contribution in [0.4, 0.5) is 0 Å². The van der Waals surface area contributed by atoms with Crippen molar-refractivity contribution in [1.29, 1.82) is 0 Å². The molecule has 0 radical (unpaired) electrons. The Labute approximate surface area is 226 Å². The van der Waals surface area contributed by atoms with E-state index in [1.54, 1.807) is 18.2 Å². The molecule has 0 aliphatic heterocycles. The molecule has 0 bridgehead atoms. The van der Waals surface area contributed by atoms with Crippen LogP contribution < -0.4 is 10.1 Å². The molecule has 1 atom stereocenters. The first kappa shape index (κ1) is 29.4. The lowest BCUT2D eigenvalue weighted by Crippen LogP contribution is -2.55. The highest BCUT2D eigenvalue weighted by Crippen LogP contribution is 2.31. The molecule has 0 spiro atoms. The van der Waals surface area contributed by atoms with Crippen molar-refractivity contribution in [3.63, 3.8) is 0 Å². The highest BCUT2D eigenvalue weighted by molar-refractivity contribution is 7.89. The van der Waals surface area contributed by atoms with Gasteiger partial charge in [-0.25, -0.2) is 8.42 Å². The molecule has 0 aliphatic carbocycles. The van der Waals surface area contributed by atoms with Gasteiger partial charge in [-0.05, 0) is 53.8 Å². The van der Waals surface area contributed by atoms with Gasteiger partial charge in [-0.15, -0.1) is 0 Å². The maximum atomic E-state index is 13.9. The zero-order valence-electron chi connectivity index (χ0n) is 22.6. The Balaban J connectivity index is 1.95. The third kappa shape index (κ3) is 7.22. The molecule has 3 aromatic rings. The van der Waals surface area contributed by atoms with E-state index in [2.05, 4.69) is 5.32 Å². The van der Waals surface area contributed by atoms with Crippen molar-refractivity contribution in [2.24, 2.45) is 5.92 Å². The van der Waals surface area contributed by atoms with Gasteiger partial charge in [0.1, 0.15) is 11.5 Å². The van der Waals surface area contributed by atoms with Gasteiger partial charge in [-0.2, -0.15) is 4.31 Å². The number of hydrogen-bond acceptors (Lipinski definition) is 5. The van der Waals surface area contributed by atoms with Crippen LogP contribution in [0, 0.1) is 5.92 Å². The van der Waals surface area contributed by atoms with Crippen LogP contribution in [-0.4, -0.2) is 49.7 Å². The number of sulfonamides is 1. The molecule has 0 saturated carbocycles. The number of aryl methyl sites for hydroxylation is 1. The maximum absolute atomic E-state index is 13.9. The Morgan fingerprint density at radius 3 is 2.24 bits per heavy atom. The maximum Gasteiger partial charge on any atom is 0.251 e. The van der Waals surface area contributed by atoms with Crippen molar-refractivity contribution < 1.29 is 23.1 Å². The molecule has 0 aliphatic rings. The van der Waals surface area contributed by atoms with Crippen LogP contribution in [0.2, 0.25) is 0 Å². The number of nitrogens with one attached hydrogen (secondary N) is 1. The summed E-state index contributed by atoms with van der Waals surface area (Å²) < 4.78 is 34.3. The Bertz CT molecular complexity index is 1290. The van der Waals surface area contributed by atoms with E-state index < -0.39 is 15.7 Å². The molecule has 0 saturated heterocycles. The third-order valence-corrected chi connectivity index (χ3v) is 8.36. The van der Waals surface area contributed by atoms with Crippen molar-refractivity contribution in [2.45, 2.75) is 50.7 Å². The number of rotatable bonds is 13. The van der Waals surface area contributed by atoms with Gasteiger partial charge in [-0.1, -0.05) is 69.3 Å². The summed E-state index contributed by atoms with van der Waals surface area (Å²) in [5, 5.41) is 15.0. The summed E-state index contributed by atoms with van der Waals surface area (Å²) in [5.74, 6) is 0.225. The van der Waals surface area contributed by atoms with Crippen molar-refractivity contribution in [3.8, 4) is 5.75 Å². The fourth-order valence-corrected chi connectivity index (χ4v) is 6.28. The van der Waals surface area contributed by atoms with Crippen LogP contribution in [0.25, 0.3) is 0 Å². The van der Waals surface area contributed by atoms with E-state index in [1.165, 1.54) is 23.5 Å². The van der Waals surface area contributed by atoms with Crippen LogP contribution >= 0.6 is 0 Å². The topological polar surface area (TPSA) is 95.9 Å². The van der Waals surface area contributed by atoms with Crippen LogP contribution in [0.5, 0.6) is 5.75 Å². The minimum Gasteiger partial charge on any atom is -0.497 e. The predicted octanol–water partition coefficient (Wildman–Crippen LogP) is 4.66. The number of ether oxygens (including phenoxy) is 1. The first-order chi connectivity index (χ1) is 18.1. The monoisotopic (exact) mass is 538 g/mol. The zero-order valence-corrected chi connectivity index (χ0v) is 23.4. The van der Waals surface area contributed by atoms with Crippen LogP contribution in [0.1, 0.15) is 48.7 Å². The van der Waals surface area contributed by atoms with Crippen molar-refractivity contribution in [2.75, 3.05) is 20.2 Å². The van der Waals surface area contributed by atoms with Gasteiger partial charge in [0.2, 0.25) is 10.0 Å². The lowest BCUT2D eigenvalue weighted by molar-refractivity contribution is -0.0700. The van der Waals surface area contributed by atoms with Gasteiger partial charge in [0.05, 0.1) is 12.0 Å².